The van der Waals surface area contributed by atoms with Crippen molar-refractivity contribution in [1.82, 2.24) is 10.0 Å². The van der Waals surface area contributed by atoms with Crippen LogP contribution >= 0.6 is 23.4 Å². The van der Waals surface area contributed by atoms with Crippen molar-refractivity contribution in [2.75, 3.05) is 25.2 Å². The summed E-state index contributed by atoms with van der Waals surface area (Å²) in [6.07, 6.45) is 2.21. The van der Waals surface area contributed by atoms with Crippen molar-refractivity contribution >= 4 is 39.3 Å². The fourth-order valence-electron chi connectivity index (χ4n) is 2.35. The standard InChI is InChI=1S/C19H22ClFN2O4S2/c1-28-13-10-18(23-29(25,26)17-8-2-14(20)3-9-17)19(24)22-11-12-27-16-6-4-15(21)5-7-16/h2-9,18,23H,10-13H2,1H3,(H,22,24). The number of nitrogens with one attached hydrogen (secondary N) is 2. The minimum atomic E-state index is -3.87. The lowest BCUT2D eigenvalue weighted by atomic mass is 10.2. The van der Waals surface area contributed by atoms with Crippen LogP contribution in [0.4, 0.5) is 4.39 Å². The molecule has 0 aromatic heterocycles. The zero-order valence-corrected chi connectivity index (χ0v) is 18.1. The Hall–Kier alpha value is -1.81. The largest absolute Gasteiger partial charge is 0.492 e. The van der Waals surface area contributed by atoms with Crippen LogP contribution in [0, 0.1) is 5.82 Å². The van der Waals surface area contributed by atoms with Crippen LogP contribution in [-0.2, 0) is 14.8 Å². The number of amides is 1. The van der Waals surface area contributed by atoms with Gasteiger partial charge in [-0.05, 0) is 67.0 Å². The summed E-state index contributed by atoms with van der Waals surface area (Å²) in [5, 5.41) is 3.08. The summed E-state index contributed by atoms with van der Waals surface area (Å²) in [5.41, 5.74) is 0. The fraction of sp³-hybridized carbons (Fsp3) is 0.316. The van der Waals surface area contributed by atoms with Crippen LogP contribution in [0.2, 0.25) is 5.02 Å². The van der Waals surface area contributed by atoms with Crippen molar-refractivity contribution in [1.29, 1.82) is 0 Å². The predicted molar refractivity (Wildman–Crippen MR) is 113 cm³/mol. The molecule has 0 aliphatic rings. The van der Waals surface area contributed by atoms with E-state index in [9.17, 15) is 17.6 Å². The first-order valence-electron chi connectivity index (χ1n) is 8.75. The van der Waals surface area contributed by atoms with E-state index < -0.39 is 22.0 Å². The lowest BCUT2D eigenvalue weighted by Crippen LogP contribution is -2.47. The van der Waals surface area contributed by atoms with Crippen molar-refractivity contribution < 1.29 is 22.3 Å². The number of carbonyl (C=O) groups excluding carboxylic acids is 1. The molecule has 2 N–H and O–H groups in total. The number of halogens is 2. The minimum absolute atomic E-state index is 0.0310. The molecule has 0 heterocycles. The highest BCUT2D eigenvalue weighted by Gasteiger charge is 2.25. The van der Waals surface area contributed by atoms with Gasteiger partial charge in [-0.3, -0.25) is 4.79 Å². The molecule has 0 radical (unpaired) electrons. The first kappa shape index (κ1) is 23.5. The molecule has 2 rings (SSSR count). The lowest BCUT2D eigenvalue weighted by Gasteiger charge is -2.18. The van der Waals surface area contributed by atoms with E-state index in [-0.39, 0.29) is 23.9 Å². The van der Waals surface area contributed by atoms with Gasteiger partial charge in [0, 0.05) is 5.02 Å². The smallest absolute Gasteiger partial charge is 0.241 e. The van der Waals surface area contributed by atoms with Crippen LogP contribution in [0.5, 0.6) is 5.75 Å². The Bertz CT molecular complexity index is 893. The van der Waals surface area contributed by atoms with Gasteiger partial charge in [-0.15, -0.1) is 0 Å². The summed E-state index contributed by atoms with van der Waals surface area (Å²) in [5.74, 6) is 0.269. The molecule has 1 amide bonds. The normalized spacial score (nSPS) is 12.4. The molecule has 6 nitrogen and oxygen atoms in total. The van der Waals surface area contributed by atoms with E-state index in [1.54, 1.807) is 0 Å². The van der Waals surface area contributed by atoms with Gasteiger partial charge in [-0.1, -0.05) is 11.6 Å². The molecule has 0 aliphatic carbocycles. The van der Waals surface area contributed by atoms with Gasteiger partial charge in [0.05, 0.1) is 11.4 Å². The van der Waals surface area contributed by atoms with E-state index >= 15 is 0 Å². The Morgan fingerprint density at radius 1 is 1.17 bits per heavy atom. The molecule has 0 saturated carbocycles. The second-order valence-corrected chi connectivity index (χ2v) is 9.14. The lowest BCUT2D eigenvalue weighted by molar-refractivity contribution is -0.122. The molecule has 0 fully saturated rings. The highest BCUT2D eigenvalue weighted by molar-refractivity contribution is 7.98. The van der Waals surface area contributed by atoms with Crippen molar-refractivity contribution in [2.24, 2.45) is 0 Å². The van der Waals surface area contributed by atoms with Crippen LogP contribution in [0.15, 0.2) is 53.4 Å². The maximum atomic E-state index is 12.9. The van der Waals surface area contributed by atoms with E-state index in [2.05, 4.69) is 10.0 Å². The Morgan fingerprint density at radius 2 is 1.83 bits per heavy atom. The first-order chi connectivity index (χ1) is 13.8. The highest BCUT2D eigenvalue weighted by atomic mass is 35.5. The van der Waals surface area contributed by atoms with Crippen LogP contribution in [0.1, 0.15) is 6.42 Å². The summed E-state index contributed by atoms with van der Waals surface area (Å²) in [7, 11) is -3.87. The molecule has 2 aromatic carbocycles. The van der Waals surface area contributed by atoms with Crippen molar-refractivity contribution in [3.63, 3.8) is 0 Å². The Kier molecular flexibility index (Phi) is 9.22. The number of carbonyl (C=O) groups is 1. The number of sulfonamides is 1. The van der Waals surface area contributed by atoms with Gasteiger partial charge in [0.15, 0.2) is 0 Å². The van der Waals surface area contributed by atoms with E-state index in [0.717, 1.165) is 0 Å². The molecule has 0 aliphatic heterocycles. The number of rotatable bonds is 11. The Morgan fingerprint density at radius 3 is 2.45 bits per heavy atom. The second kappa shape index (κ2) is 11.4. The van der Waals surface area contributed by atoms with Gasteiger partial charge < -0.3 is 10.1 Å². The molecule has 2 aromatic rings. The van der Waals surface area contributed by atoms with E-state index in [0.29, 0.717) is 22.9 Å². The summed E-state index contributed by atoms with van der Waals surface area (Å²) >= 11 is 7.31. The molecule has 0 bridgehead atoms. The molecular weight excluding hydrogens is 439 g/mol. The Balaban J connectivity index is 1.92. The molecule has 158 valence electrons. The summed E-state index contributed by atoms with van der Waals surface area (Å²) in [4.78, 5) is 12.5. The number of thioether (sulfide) groups is 1. The summed E-state index contributed by atoms with van der Waals surface area (Å²) in [6, 6.07) is 10.3. The average molecular weight is 461 g/mol. The van der Waals surface area contributed by atoms with Crippen molar-refractivity contribution in [3.8, 4) is 5.75 Å². The van der Waals surface area contributed by atoms with Gasteiger partial charge >= 0.3 is 0 Å². The maximum Gasteiger partial charge on any atom is 0.241 e. The zero-order chi connectivity index (χ0) is 21.3. The van der Waals surface area contributed by atoms with Gasteiger partial charge in [0.25, 0.3) is 0 Å². The van der Waals surface area contributed by atoms with Crippen LogP contribution in [0.3, 0.4) is 0 Å². The van der Waals surface area contributed by atoms with Gasteiger partial charge in [0.1, 0.15) is 24.2 Å². The molecule has 0 saturated heterocycles. The van der Waals surface area contributed by atoms with Crippen LogP contribution < -0.4 is 14.8 Å². The van der Waals surface area contributed by atoms with E-state index in [1.807, 2.05) is 6.26 Å². The Labute approximate surface area is 179 Å². The molecule has 1 atom stereocenters. The fourth-order valence-corrected chi connectivity index (χ4v) is 4.17. The summed E-state index contributed by atoms with van der Waals surface area (Å²) in [6.45, 7) is 0.338. The monoisotopic (exact) mass is 460 g/mol. The van der Waals surface area contributed by atoms with Crippen molar-refractivity contribution in [2.45, 2.75) is 17.4 Å². The van der Waals surface area contributed by atoms with Crippen molar-refractivity contribution in [3.05, 3.63) is 59.4 Å². The first-order valence-corrected chi connectivity index (χ1v) is 12.0. The quantitative estimate of drug-likeness (QED) is 0.503. The third-order valence-corrected chi connectivity index (χ3v) is 6.22. The van der Waals surface area contributed by atoms with E-state index in [4.69, 9.17) is 16.3 Å². The number of hydrogen-bond acceptors (Lipinski definition) is 5. The third-order valence-electron chi connectivity index (χ3n) is 3.83. The van der Waals surface area contributed by atoms with Gasteiger partial charge in [0.2, 0.25) is 15.9 Å². The molecular formula is C19H22ClFN2O4S2. The van der Waals surface area contributed by atoms with Crippen LogP contribution in [0.25, 0.3) is 0 Å². The SMILES string of the molecule is CSCCC(NS(=O)(=O)c1ccc(Cl)cc1)C(=O)NCCOc1ccc(F)cc1. The molecule has 29 heavy (non-hydrogen) atoms. The number of hydrogen-bond donors (Lipinski definition) is 2. The topological polar surface area (TPSA) is 84.5 Å². The number of benzene rings is 2. The molecule has 0 spiro atoms. The van der Waals surface area contributed by atoms with E-state index in [1.165, 1.54) is 60.3 Å². The highest BCUT2D eigenvalue weighted by Crippen LogP contribution is 2.15. The molecule has 10 heteroatoms. The minimum Gasteiger partial charge on any atom is -0.492 e. The average Bonchev–Trinajstić information content (AvgIpc) is 2.70. The third kappa shape index (κ3) is 7.85. The molecule has 1 unspecified atom stereocenters. The van der Waals surface area contributed by atoms with Crippen LogP contribution in [-0.4, -0.2) is 45.5 Å². The summed E-state index contributed by atoms with van der Waals surface area (Å²) < 4.78 is 45.9. The second-order valence-electron chi connectivity index (χ2n) is 6.00. The van der Waals surface area contributed by atoms with Gasteiger partial charge in [-0.25, -0.2) is 12.8 Å². The maximum absolute atomic E-state index is 12.9. The van der Waals surface area contributed by atoms with Gasteiger partial charge in [-0.2, -0.15) is 16.5 Å². The number of ether oxygens (including phenoxy) is 1. The predicted octanol–water partition coefficient (Wildman–Crippen LogP) is 3.07. The zero-order valence-electron chi connectivity index (χ0n) is 15.7.